The Morgan fingerprint density at radius 1 is 1.16 bits per heavy atom. The second-order valence-electron chi connectivity index (χ2n) is 6.65. The van der Waals surface area contributed by atoms with Crippen LogP contribution in [0.15, 0.2) is 30.3 Å². The van der Waals surface area contributed by atoms with Gasteiger partial charge < -0.3 is 0 Å². The predicted molar refractivity (Wildman–Crippen MR) is 91.8 cm³/mol. The fourth-order valence-corrected chi connectivity index (χ4v) is 2.86. The molecule has 0 radical (unpaired) electrons. The molecule has 3 aromatic rings. The number of halogens is 3. The third kappa shape index (κ3) is 3.30. The van der Waals surface area contributed by atoms with E-state index in [1.165, 1.54) is 0 Å². The minimum absolute atomic E-state index is 0.204. The van der Waals surface area contributed by atoms with Crippen LogP contribution in [0.2, 0.25) is 0 Å². The van der Waals surface area contributed by atoms with E-state index in [-0.39, 0.29) is 11.0 Å². The largest absolute Gasteiger partial charge is 0.292 e. The highest BCUT2D eigenvalue weighted by molar-refractivity contribution is 9.09. The summed E-state index contributed by atoms with van der Waals surface area (Å²) in [6.45, 7) is 5.92. The van der Waals surface area contributed by atoms with E-state index in [2.05, 4.69) is 31.2 Å². The maximum atomic E-state index is 13.9. The Hall–Kier alpha value is -2.22. The van der Waals surface area contributed by atoms with Crippen LogP contribution in [0, 0.1) is 11.6 Å². The van der Waals surface area contributed by atoms with E-state index in [0.717, 1.165) is 12.1 Å². The summed E-state index contributed by atoms with van der Waals surface area (Å²) in [6.07, 6.45) is 0. The van der Waals surface area contributed by atoms with Crippen molar-refractivity contribution < 1.29 is 13.6 Å². The molecule has 0 saturated carbocycles. The van der Waals surface area contributed by atoms with Crippen molar-refractivity contribution >= 4 is 27.4 Å². The molecule has 0 fully saturated rings. The lowest BCUT2D eigenvalue weighted by atomic mass is 9.96. The average molecular weight is 409 g/mol. The summed E-state index contributed by atoms with van der Waals surface area (Å²) >= 11 is 3.26. The summed E-state index contributed by atoms with van der Waals surface area (Å²) in [7, 11) is 0. The van der Waals surface area contributed by atoms with Gasteiger partial charge in [-0.1, -0.05) is 36.7 Å². The molecule has 0 bridgehead atoms. The number of ketones is 1. The van der Waals surface area contributed by atoms with Crippen molar-refractivity contribution in [1.82, 2.24) is 19.8 Å². The number of carbonyl (C=O) groups excluding carboxylic acids is 1. The van der Waals surface area contributed by atoms with Gasteiger partial charge in [0.05, 0.1) is 11.3 Å². The van der Waals surface area contributed by atoms with Crippen molar-refractivity contribution in [1.29, 1.82) is 0 Å². The molecule has 8 heteroatoms. The van der Waals surface area contributed by atoms with Crippen LogP contribution < -0.4 is 0 Å². The second-order valence-corrected chi connectivity index (χ2v) is 7.57. The highest BCUT2D eigenvalue weighted by Crippen LogP contribution is 2.28. The summed E-state index contributed by atoms with van der Waals surface area (Å²) in [5.41, 5.74) is 0.435. The van der Waals surface area contributed by atoms with Crippen LogP contribution in [-0.2, 0) is 5.41 Å². The number of rotatable bonds is 3. The normalized spacial score (nSPS) is 13.2. The standard InChI is InChI=1S/C17H15BrF2N4O/c1-17(2,3)16-22-21-13-7-6-12(23-24(13)16)14(18)15(25)10-5-4-9(19)8-11(10)20/h4-8,14H,1-3H3. The number of nitrogens with zero attached hydrogens (tertiary/aromatic N) is 4. The number of aromatic nitrogens is 4. The van der Waals surface area contributed by atoms with Crippen LogP contribution in [0.5, 0.6) is 0 Å². The minimum atomic E-state index is -0.907. The Bertz CT molecular complexity index is 965. The Balaban J connectivity index is 2.02. The molecule has 1 unspecified atom stereocenters. The molecule has 0 amide bonds. The number of hydrogen-bond acceptors (Lipinski definition) is 4. The maximum absolute atomic E-state index is 13.9. The third-order valence-corrected chi connectivity index (χ3v) is 4.53. The molecule has 0 saturated heterocycles. The van der Waals surface area contributed by atoms with Gasteiger partial charge in [0.15, 0.2) is 17.3 Å². The molecule has 1 aromatic carbocycles. The van der Waals surface area contributed by atoms with Crippen LogP contribution >= 0.6 is 15.9 Å². The van der Waals surface area contributed by atoms with Gasteiger partial charge in [-0.05, 0) is 24.3 Å². The second kappa shape index (κ2) is 6.25. The smallest absolute Gasteiger partial charge is 0.185 e. The van der Waals surface area contributed by atoms with Crippen molar-refractivity contribution in [3.8, 4) is 0 Å². The molecule has 0 aliphatic carbocycles. The van der Waals surface area contributed by atoms with Gasteiger partial charge in [-0.25, -0.2) is 8.78 Å². The molecule has 0 N–H and O–H groups in total. The first-order valence-electron chi connectivity index (χ1n) is 7.54. The van der Waals surface area contributed by atoms with E-state index in [1.54, 1.807) is 16.6 Å². The first-order chi connectivity index (χ1) is 11.7. The van der Waals surface area contributed by atoms with Crippen molar-refractivity contribution in [2.24, 2.45) is 0 Å². The highest BCUT2D eigenvalue weighted by Gasteiger charge is 2.26. The van der Waals surface area contributed by atoms with E-state index in [9.17, 15) is 13.6 Å². The van der Waals surface area contributed by atoms with Crippen LogP contribution in [0.3, 0.4) is 0 Å². The van der Waals surface area contributed by atoms with Gasteiger partial charge in [0.25, 0.3) is 0 Å². The van der Waals surface area contributed by atoms with E-state index < -0.39 is 22.2 Å². The monoisotopic (exact) mass is 408 g/mol. The fraction of sp³-hybridized carbons (Fsp3) is 0.294. The van der Waals surface area contributed by atoms with Crippen molar-refractivity contribution in [3.63, 3.8) is 0 Å². The Morgan fingerprint density at radius 2 is 1.88 bits per heavy atom. The average Bonchev–Trinajstić information content (AvgIpc) is 2.96. The van der Waals surface area contributed by atoms with Crippen LogP contribution in [0.25, 0.3) is 5.65 Å². The SMILES string of the molecule is CC(C)(C)c1nnc2ccc(C(Br)C(=O)c3ccc(F)cc3F)nn12. The quantitative estimate of drug-likeness (QED) is 0.485. The Labute approximate surface area is 151 Å². The Morgan fingerprint density at radius 3 is 2.52 bits per heavy atom. The zero-order valence-corrected chi connectivity index (χ0v) is 15.4. The molecule has 0 aliphatic heterocycles. The fourth-order valence-electron chi connectivity index (χ4n) is 2.37. The predicted octanol–water partition coefficient (Wildman–Crippen LogP) is 4.02. The van der Waals surface area contributed by atoms with E-state index in [4.69, 9.17) is 0 Å². The molecule has 2 aromatic heterocycles. The van der Waals surface area contributed by atoms with Gasteiger partial charge in [0.2, 0.25) is 0 Å². The lowest BCUT2D eigenvalue weighted by Crippen LogP contribution is -2.18. The topological polar surface area (TPSA) is 60.2 Å². The minimum Gasteiger partial charge on any atom is -0.292 e. The van der Waals surface area contributed by atoms with E-state index >= 15 is 0 Å². The molecule has 0 spiro atoms. The van der Waals surface area contributed by atoms with E-state index in [1.807, 2.05) is 20.8 Å². The maximum Gasteiger partial charge on any atom is 0.185 e. The van der Waals surface area contributed by atoms with Gasteiger partial charge in [0.1, 0.15) is 16.5 Å². The van der Waals surface area contributed by atoms with Crippen LogP contribution in [0.4, 0.5) is 8.78 Å². The zero-order chi connectivity index (χ0) is 18.4. The molecule has 0 aliphatic rings. The van der Waals surface area contributed by atoms with Gasteiger partial charge >= 0.3 is 0 Å². The number of alkyl halides is 1. The number of hydrogen-bond donors (Lipinski definition) is 0. The molecular weight excluding hydrogens is 394 g/mol. The molecule has 130 valence electrons. The van der Waals surface area contributed by atoms with Crippen molar-refractivity contribution in [2.45, 2.75) is 31.0 Å². The number of carbonyl (C=O) groups is 1. The van der Waals surface area contributed by atoms with Gasteiger partial charge in [-0.15, -0.1) is 10.2 Å². The number of fused-ring (bicyclic) bond motifs is 1. The third-order valence-electron chi connectivity index (χ3n) is 3.64. The van der Waals surface area contributed by atoms with Crippen LogP contribution in [-0.4, -0.2) is 25.6 Å². The summed E-state index contributed by atoms with van der Waals surface area (Å²) in [4.78, 5) is 11.7. The van der Waals surface area contributed by atoms with Gasteiger partial charge in [0, 0.05) is 11.5 Å². The van der Waals surface area contributed by atoms with E-state index in [0.29, 0.717) is 23.2 Å². The zero-order valence-electron chi connectivity index (χ0n) is 13.8. The summed E-state index contributed by atoms with van der Waals surface area (Å²) in [5.74, 6) is -1.55. The Kier molecular flexibility index (Phi) is 4.40. The molecule has 5 nitrogen and oxygen atoms in total. The first-order valence-corrected chi connectivity index (χ1v) is 8.46. The van der Waals surface area contributed by atoms with Gasteiger partial charge in [-0.3, -0.25) is 4.79 Å². The molecule has 1 atom stereocenters. The highest BCUT2D eigenvalue weighted by atomic mass is 79.9. The number of benzene rings is 1. The van der Waals surface area contributed by atoms with Crippen molar-refractivity contribution in [3.05, 3.63) is 59.0 Å². The summed E-state index contributed by atoms with van der Waals surface area (Å²) in [6, 6.07) is 6.16. The lowest BCUT2D eigenvalue weighted by molar-refractivity contribution is 0.0986. The molecular formula is C17H15BrF2N4O. The first kappa shape index (κ1) is 17.6. The van der Waals surface area contributed by atoms with Gasteiger partial charge in [-0.2, -0.15) is 9.61 Å². The number of Topliss-reactive ketones (excluding diaryl/α,β-unsaturated/α-hetero) is 1. The van der Waals surface area contributed by atoms with Crippen LogP contribution in [0.1, 0.15) is 47.5 Å². The molecule has 2 heterocycles. The summed E-state index contributed by atoms with van der Waals surface area (Å²) in [5, 5.41) is 12.6. The lowest BCUT2D eigenvalue weighted by Gasteiger charge is -2.16. The molecule has 25 heavy (non-hydrogen) atoms. The molecule has 3 rings (SSSR count). The van der Waals surface area contributed by atoms with Crippen molar-refractivity contribution in [2.75, 3.05) is 0 Å². The summed E-state index contributed by atoms with van der Waals surface area (Å²) < 4.78 is 28.5.